The summed E-state index contributed by atoms with van der Waals surface area (Å²) in [7, 11) is 0. The molecule has 0 aliphatic carbocycles. The van der Waals surface area contributed by atoms with Gasteiger partial charge in [0.05, 0.1) is 38.4 Å². The first-order chi connectivity index (χ1) is 13.1. The second-order valence-corrected chi connectivity index (χ2v) is 7.16. The number of pyridine rings is 1. The van der Waals surface area contributed by atoms with Gasteiger partial charge in [0.15, 0.2) is 5.65 Å². The molecule has 0 atom stereocenters. The number of halogens is 2. The minimum Gasteiger partial charge on any atom is -0.321 e. The summed E-state index contributed by atoms with van der Waals surface area (Å²) in [6, 6.07) is 9.46. The number of hydrogen-bond donors (Lipinski definition) is 1. The van der Waals surface area contributed by atoms with E-state index < -0.39 is 5.82 Å². The van der Waals surface area contributed by atoms with Crippen LogP contribution in [0.1, 0.15) is 17.3 Å². The van der Waals surface area contributed by atoms with Crippen LogP contribution in [0.15, 0.2) is 48.0 Å². The molecule has 0 fully saturated rings. The maximum atomic E-state index is 13.3. The highest BCUT2D eigenvalue weighted by atomic mass is 35.5. The summed E-state index contributed by atoms with van der Waals surface area (Å²) in [6.45, 7) is 2.60. The summed E-state index contributed by atoms with van der Waals surface area (Å²) >= 11 is 7.58. The third kappa shape index (κ3) is 3.31. The topological polar surface area (TPSA) is 59.8 Å². The van der Waals surface area contributed by atoms with E-state index in [2.05, 4.69) is 15.4 Å². The fraction of sp³-hybridized carbons (Fsp3) is 0.105. The van der Waals surface area contributed by atoms with Gasteiger partial charge in [-0.3, -0.25) is 4.79 Å². The van der Waals surface area contributed by atoms with Crippen molar-refractivity contribution < 1.29 is 9.18 Å². The number of aromatic nitrogens is 3. The molecule has 0 saturated heterocycles. The monoisotopic (exact) mass is 400 g/mol. The third-order valence-electron chi connectivity index (χ3n) is 4.11. The molecule has 0 aliphatic heterocycles. The number of rotatable bonds is 4. The van der Waals surface area contributed by atoms with Crippen LogP contribution in [0.25, 0.3) is 21.6 Å². The smallest absolute Gasteiger partial charge is 0.256 e. The van der Waals surface area contributed by atoms with Crippen molar-refractivity contribution in [2.24, 2.45) is 0 Å². The average Bonchev–Trinajstić information content (AvgIpc) is 3.32. The first-order valence-corrected chi connectivity index (χ1v) is 9.49. The number of nitrogens with zero attached hydrogens (tertiary/aromatic N) is 3. The predicted molar refractivity (Wildman–Crippen MR) is 106 cm³/mol. The Bertz CT molecular complexity index is 1140. The second-order valence-electron chi connectivity index (χ2n) is 5.81. The Kier molecular flexibility index (Phi) is 4.63. The van der Waals surface area contributed by atoms with Crippen LogP contribution < -0.4 is 5.32 Å². The average molecular weight is 401 g/mol. The standard InChI is InChI=1S/C19H14ClFN4OS/c1-2-25-18-13(10-22-25)12(9-16(23-18)17-4-3-7-27-17)19(26)24-15-6-5-11(21)8-14(15)20/h3-10H,2H2,1H3,(H,24,26). The fourth-order valence-electron chi connectivity index (χ4n) is 2.80. The van der Waals surface area contributed by atoms with E-state index in [1.165, 1.54) is 12.1 Å². The lowest BCUT2D eigenvalue weighted by atomic mass is 10.1. The van der Waals surface area contributed by atoms with Crippen LogP contribution in [0.3, 0.4) is 0 Å². The molecule has 0 aliphatic rings. The van der Waals surface area contributed by atoms with Gasteiger partial charge in [-0.1, -0.05) is 17.7 Å². The van der Waals surface area contributed by atoms with Gasteiger partial charge in [0, 0.05) is 6.54 Å². The molecule has 27 heavy (non-hydrogen) atoms. The van der Waals surface area contributed by atoms with Crippen molar-refractivity contribution in [2.75, 3.05) is 5.32 Å². The second kappa shape index (κ2) is 7.09. The first kappa shape index (κ1) is 17.6. The van der Waals surface area contributed by atoms with E-state index in [9.17, 15) is 9.18 Å². The zero-order valence-electron chi connectivity index (χ0n) is 14.2. The van der Waals surface area contributed by atoms with Crippen LogP contribution in [0.4, 0.5) is 10.1 Å². The third-order valence-corrected chi connectivity index (χ3v) is 5.31. The number of fused-ring (bicyclic) bond motifs is 1. The summed E-state index contributed by atoms with van der Waals surface area (Å²) in [5, 5.41) is 9.80. The van der Waals surface area contributed by atoms with Gasteiger partial charge >= 0.3 is 0 Å². The summed E-state index contributed by atoms with van der Waals surface area (Å²) in [4.78, 5) is 18.6. The Balaban J connectivity index is 1.82. The molecule has 0 unspecified atom stereocenters. The summed E-state index contributed by atoms with van der Waals surface area (Å²) in [5.41, 5.74) is 2.11. The molecule has 5 nitrogen and oxygen atoms in total. The molecule has 3 aromatic heterocycles. The molecule has 1 aromatic carbocycles. The number of carbonyl (C=O) groups is 1. The predicted octanol–water partition coefficient (Wildman–Crippen LogP) is 5.22. The molecule has 0 radical (unpaired) electrons. The van der Waals surface area contributed by atoms with Gasteiger partial charge in [-0.05, 0) is 42.6 Å². The lowest BCUT2D eigenvalue weighted by Gasteiger charge is -2.10. The zero-order chi connectivity index (χ0) is 19.0. The van der Waals surface area contributed by atoms with Crippen molar-refractivity contribution >= 4 is 45.6 Å². The molecular weight excluding hydrogens is 387 g/mol. The highest BCUT2D eigenvalue weighted by Gasteiger charge is 2.18. The van der Waals surface area contributed by atoms with Crippen molar-refractivity contribution in [3.63, 3.8) is 0 Å². The Morgan fingerprint density at radius 1 is 1.33 bits per heavy atom. The van der Waals surface area contributed by atoms with Crippen molar-refractivity contribution in [2.45, 2.75) is 13.5 Å². The molecule has 4 rings (SSSR count). The Morgan fingerprint density at radius 3 is 2.89 bits per heavy atom. The molecule has 1 N–H and O–H groups in total. The minimum absolute atomic E-state index is 0.136. The molecular formula is C19H14ClFN4OS. The van der Waals surface area contributed by atoms with Crippen LogP contribution >= 0.6 is 22.9 Å². The SMILES string of the molecule is CCn1ncc2c(C(=O)Nc3ccc(F)cc3Cl)cc(-c3cccs3)nc21. The van der Waals surface area contributed by atoms with E-state index in [-0.39, 0.29) is 10.9 Å². The number of nitrogens with one attached hydrogen (secondary N) is 1. The highest BCUT2D eigenvalue weighted by molar-refractivity contribution is 7.13. The summed E-state index contributed by atoms with van der Waals surface area (Å²) in [5.74, 6) is -0.821. The Morgan fingerprint density at radius 2 is 2.19 bits per heavy atom. The highest BCUT2D eigenvalue weighted by Crippen LogP contribution is 2.29. The normalized spacial score (nSPS) is 11.1. The lowest BCUT2D eigenvalue weighted by molar-refractivity contribution is 0.102. The number of hydrogen-bond acceptors (Lipinski definition) is 4. The van der Waals surface area contributed by atoms with Crippen LogP contribution in [-0.4, -0.2) is 20.7 Å². The number of carbonyl (C=O) groups excluding carboxylic acids is 1. The summed E-state index contributed by atoms with van der Waals surface area (Å²) < 4.78 is 15.0. The first-order valence-electron chi connectivity index (χ1n) is 8.23. The van der Waals surface area contributed by atoms with Crippen molar-refractivity contribution in [1.82, 2.24) is 14.8 Å². The van der Waals surface area contributed by atoms with Gasteiger partial charge < -0.3 is 5.32 Å². The molecule has 0 saturated carbocycles. The Hall–Kier alpha value is -2.77. The van der Waals surface area contributed by atoms with E-state index in [4.69, 9.17) is 11.6 Å². The molecule has 1 amide bonds. The number of benzene rings is 1. The molecule has 4 aromatic rings. The van der Waals surface area contributed by atoms with Crippen molar-refractivity contribution in [1.29, 1.82) is 0 Å². The number of thiophene rings is 1. The molecule has 136 valence electrons. The maximum Gasteiger partial charge on any atom is 0.256 e. The van der Waals surface area contributed by atoms with E-state index >= 15 is 0 Å². The van der Waals surface area contributed by atoms with Crippen LogP contribution in [-0.2, 0) is 6.54 Å². The molecule has 8 heteroatoms. The zero-order valence-corrected chi connectivity index (χ0v) is 15.8. The van der Waals surface area contributed by atoms with Gasteiger partial charge in [0.25, 0.3) is 5.91 Å². The molecule has 0 bridgehead atoms. The van der Waals surface area contributed by atoms with Crippen molar-refractivity contribution in [3.8, 4) is 10.6 Å². The summed E-state index contributed by atoms with van der Waals surface area (Å²) in [6.07, 6.45) is 1.63. The van der Waals surface area contributed by atoms with Gasteiger partial charge in [0.1, 0.15) is 5.82 Å². The van der Waals surface area contributed by atoms with E-state index in [0.29, 0.717) is 34.5 Å². The number of aryl methyl sites for hydroxylation is 1. The van der Waals surface area contributed by atoms with Gasteiger partial charge in [-0.25, -0.2) is 14.1 Å². The Labute approximate surface area is 163 Å². The van der Waals surface area contributed by atoms with Crippen LogP contribution in [0.5, 0.6) is 0 Å². The van der Waals surface area contributed by atoms with Gasteiger partial charge in [0.2, 0.25) is 0 Å². The number of anilines is 1. The number of amides is 1. The van der Waals surface area contributed by atoms with Crippen LogP contribution in [0, 0.1) is 5.82 Å². The van der Waals surface area contributed by atoms with Gasteiger partial charge in [-0.15, -0.1) is 11.3 Å². The van der Waals surface area contributed by atoms with Crippen molar-refractivity contribution in [3.05, 3.63) is 64.4 Å². The van der Waals surface area contributed by atoms with Crippen LogP contribution in [0.2, 0.25) is 5.02 Å². The maximum absolute atomic E-state index is 13.3. The minimum atomic E-state index is -0.464. The van der Waals surface area contributed by atoms with E-state index in [1.807, 2.05) is 24.4 Å². The lowest BCUT2D eigenvalue weighted by Crippen LogP contribution is -2.13. The van der Waals surface area contributed by atoms with Gasteiger partial charge in [-0.2, -0.15) is 5.10 Å². The molecule has 3 heterocycles. The largest absolute Gasteiger partial charge is 0.321 e. The van der Waals surface area contributed by atoms with E-state index in [0.717, 1.165) is 10.9 Å². The quantitative estimate of drug-likeness (QED) is 0.510. The fourth-order valence-corrected chi connectivity index (χ4v) is 3.70. The van der Waals surface area contributed by atoms with E-state index in [1.54, 1.807) is 28.3 Å². The molecule has 0 spiro atoms.